The number of aliphatic hydroxyl groups excluding tert-OH is 1. The molecule has 0 aliphatic carbocycles. The zero-order valence-electron chi connectivity index (χ0n) is 10.1. The van der Waals surface area contributed by atoms with Crippen molar-refractivity contribution >= 4 is 27.5 Å². The number of aliphatic hydroxyl groups is 1. The van der Waals surface area contributed by atoms with E-state index in [9.17, 15) is 5.11 Å². The molecule has 2 N–H and O–H groups in total. The second-order valence-corrected chi connectivity index (χ2v) is 5.96. The van der Waals surface area contributed by atoms with Crippen LogP contribution in [0.2, 0.25) is 5.02 Å². The van der Waals surface area contributed by atoms with Gasteiger partial charge in [0, 0.05) is 16.0 Å². The van der Waals surface area contributed by atoms with E-state index in [2.05, 4.69) is 33.4 Å². The second kappa shape index (κ2) is 5.25. The van der Waals surface area contributed by atoms with Gasteiger partial charge in [0.15, 0.2) is 0 Å². The van der Waals surface area contributed by atoms with Gasteiger partial charge in [0.05, 0.1) is 12.1 Å². The van der Waals surface area contributed by atoms with E-state index in [1.54, 1.807) is 12.1 Å². The van der Waals surface area contributed by atoms with Crippen molar-refractivity contribution in [2.24, 2.45) is 0 Å². The Morgan fingerprint density at radius 2 is 2.05 bits per heavy atom. The first-order chi connectivity index (χ1) is 9.16. The highest BCUT2D eigenvalue weighted by Gasteiger charge is 2.29. The molecule has 0 saturated carbocycles. The number of benzene rings is 2. The van der Waals surface area contributed by atoms with E-state index in [0.29, 0.717) is 5.02 Å². The summed E-state index contributed by atoms with van der Waals surface area (Å²) in [6.45, 7) is 0.788. The zero-order valence-corrected chi connectivity index (χ0v) is 12.4. The summed E-state index contributed by atoms with van der Waals surface area (Å²) in [6.07, 6.45) is -0.628. The highest BCUT2D eigenvalue weighted by molar-refractivity contribution is 9.10. The van der Waals surface area contributed by atoms with Gasteiger partial charge in [0.1, 0.15) is 0 Å². The van der Waals surface area contributed by atoms with Crippen molar-refractivity contribution in [3.05, 3.63) is 68.7 Å². The third-order valence-electron chi connectivity index (χ3n) is 3.50. The smallest absolute Gasteiger partial charge is 0.0996 e. The molecule has 1 aliphatic heterocycles. The fourth-order valence-corrected chi connectivity index (χ4v) is 3.19. The van der Waals surface area contributed by atoms with Gasteiger partial charge >= 0.3 is 0 Å². The molecular formula is C15H13BrClNO. The molecule has 1 heterocycles. The Balaban J connectivity index is 1.97. The van der Waals surface area contributed by atoms with E-state index < -0.39 is 6.10 Å². The summed E-state index contributed by atoms with van der Waals surface area (Å²) in [4.78, 5) is 0. The fraction of sp³-hybridized carbons (Fsp3) is 0.200. The van der Waals surface area contributed by atoms with Crippen molar-refractivity contribution < 1.29 is 5.11 Å². The Kier molecular flexibility index (Phi) is 3.63. The minimum atomic E-state index is -0.628. The van der Waals surface area contributed by atoms with Crippen LogP contribution in [0.1, 0.15) is 28.8 Å². The van der Waals surface area contributed by atoms with Crippen LogP contribution in [-0.2, 0) is 6.54 Å². The van der Waals surface area contributed by atoms with Gasteiger partial charge in [-0.05, 0) is 34.9 Å². The van der Waals surface area contributed by atoms with Crippen LogP contribution >= 0.6 is 27.5 Å². The molecular weight excluding hydrogens is 326 g/mol. The maximum absolute atomic E-state index is 10.6. The van der Waals surface area contributed by atoms with Crippen molar-refractivity contribution in [3.8, 4) is 0 Å². The van der Waals surface area contributed by atoms with Crippen LogP contribution in [0.25, 0.3) is 0 Å². The summed E-state index contributed by atoms with van der Waals surface area (Å²) in [7, 11) is 0. The third kappa shape index (κ3) is 2.43. The molecule has 0 bridgehead atoms. The first-order valence-electron chi connectivity index (χ1n) is 6.11. The van der Waals surface area contributed by atoms with Crippen molar-refractivity contribution in [1.82, 2.24) is 5.32 Å². The van der Waals surface area contributed by atoms with Crippen molar-refractivity contribution in [1.29, 1.82) is 0 Å². The van der Waals surface area contributed by atoms with E-state index >= 15 is 0 Å². The van der Waals surface area contributed by atoms with Crippen LogP contribution < -0.4 is 5.32 Å². The van der Waals surface area contributed by atoms with Crippen LogP contribution in [0.4, 0.5) is 0 Å². The molecule has 3 rings (SSSR count). The molecule has 0 amide bonds. The lowest BCUT2D eigenvalue weighted by atomic mass is 9.96. The topological polar surface area (TPSA) is 32.3 Å². The van der Waals surface area contributed by atoms with Crippen molar-refractivity contribution in [2.45, 2.75) is 18.7 Å². The van der Waals surface area contributed by atoms with Gasteiger partial charge in [-0.2, -0.15) is 0 Å². The zero-order chi connectivity index (χ0) is 13.4. The molecule has 98 valence electrons. The average Bonchev–Trinajstić information content (AvgIpc) is 2.84. The second-order valence-electron chi connectivity index (χ2n) is 4.67. The number of nitrogens with one attached hydrogen (secondary N) is 1. The SMILES string of the molecule is OC(c1cc(Cl)ccc1Br)C1NCc2ccccc21. The number of hydrogen-bond donors (Lipinski definition) is 2. The van der Waals surface area contributed by atoms with Gasteiger partial charge in [0.2, 0.25) is 0 Å². The summed E-state index contributed by atoms with van der Waals surface area (Å²) >= 11 is 9.49. The molecule has 19 heavy (non-hydrogen) atoms. The minimum Gasteiger partial charge on any atom is -0.386 e. The lowest BCUT2D eigenvalue weighted by molar-refractivity contribution is 0.133. The maximum atomic E-state index is 10.6. The van der Waals surface area contributed by atoms with Crippen molar-refractivity contribution in [3.63, 3.8) is 0 Å². The van der Waals surface area contributed by atoms with Crippen LogP contribution in [-0.4, -0.2) is 5.11 Å². The van der Waals surface area contributed by atoms with Crippen LogP contribution in [0.5, 0.6) is 0 Å². The van der Waals surface area contributed by atoms with Gasteiger partial charge in [-0.3, -0.25) is 0 Å². The van der Waals surface area contributed by atoms with E-state index in [4.69, 9.17) is 11.6 Å². The molecule has 0 radical (unpaired) electrons. The monoisotopic (exact) mass is 337 g/mol. The quantitative estimate of drug-likeness (QED) is 0.868. The van der Waals surface area contributed by atoms with Crippen LogP contribution in [0.3, 0.4) is 0 Å². The minimum absolute atomic E-state index is 0.0917. The highest BCUT2D eigenvalue weighted by atomic mass is 79.9. The summed E-state index contributed by atoms with van der Waals surface area (Å²) in [5, 5.41) is 14.6. The van der Waals surface area contributed by atoms with E-state index in [0.717, 1.165) is 22.1 Å². The van der Waals surface area contributed by atoms with Gasteiger partial charge in [-0.1, -0.05) is 51.8 Å². The van der Waals surface area contributed by atoms with Gasteiger partial charge < -0.3 is 10.4 Å². The Bertz CT molecular complexity index is 617. The van der Waals surface area contributed by atoms with Gasteiger partial charge in [-0.15, -0.1) is 0 Å². The van der Waals surface area contributed by atoms with E-state index in [1.165, 1.54) is 5.56 Å². The molecule has 4 heteroatoms. The molecule has 0 spiro atoms. The fourth-order valence-electron chi connectivity index (χ4n) is 2.53. The maximum Gasteiger partial charge on any atom is 0.0996 e. The Labute approximate surface area is 125 Å². The normalized spacial score (nSPS) is 19.2. The predicted octanol–water partition coefficient (Wildman–Crippen LogP) is 3.98. The summed E-state index contributed by atoms with van der Waals surface area (Å²) < 4.78 is 0.871. The first-order valence-corrected chi connectivity index (χ1v) is 7.28. The van der Waals surface area contributed by atoms with Crippen LogP contribution in [0, 0.1) is 0 Å². The molecule has 2 atom stereocenters. The number of rotatable bonds is 2. The molecule has 0 fully saturated rings. The molecule has 2 nitrogen and oxygen atoms in total. The highest BCUT2D eigenvalue weighted by Crippen LogP contribution is 2.38. The van der Waals surface area contributed by atoms with Crippen molar-refractivity contribution in [2.75, 3.05) is 0 Å². The molecule has 0 saturated heterocycles. The Morgan fingerprint density at radius 3 is 2.89 bits per heavy atom. The summed E-state index contributed by atoms with van der Waals surface area (Å²) in [6, 6.07) is 13.5. The van der Waals surface area contributed by atoms with Crippen LogP contribution in [0.15, 0.2) is 46.9 Å². The largest absolute Gasteiger partial charge is 0.386 e. The number of hydrogen-bond acceptors (Lipinski definition) is 2. The molecule has 2 aromatic rings. The lowest BCUT2D eigenvalue weighted by Gasteiger charge is -2.21. The Hall–Kier alpha value is -0.870. The third-order valence-corrected chi connectivity index (χ3v) is 4.45. The number of halogens is 2. The van der Waals surface area contributed by atoms with Gasteiger partial charge in [-0.25, -0.2) is 0 Å². The summed E-state index contributed by atoms with van der Waals surface area (Å²) in [5.41, 5.74) is 3.20. The predicted molar refractivity (Wildman–Crippen MR) is 80.1 cm³/mol. The average molecular weight is 339 g/mol. The lowest BCUT2D eigenvalue weighted by Crippen LogP contribution is -2.20. The van der Waals surface area contributed by atoms with Gasteiger partial charge in [0.25, 0.3) is 0 Å². The van der Waals surface area contributed by atoms with E-state index in [1.807, 2.05) is 18.2 Å². The van der Waals surface area contributed by atoms with E-state index in [-0.39, 0.29) is 6.04 Å². The molecule has 2 unspecified atom stereocenters. The number of fused-ring (bicyclic) bond motifs is 1. The standard InChI is InChI=1S/C15H13BrClNO/c16-13-6-5-10(17)7-12(13)15(19)14-11-4-2-1-3-9(11)8-18-14/h1-7,14-15,18-19H,8H2. The molecule has 1 aliphatic rings. The molecule has 2 aromatic carbocycles. The first kappa shape index (κ1) is 13.1. The molecule has 0 aromatic heterocycles. The Morgan fingerprint density at radius 1 is 1.26 bits per heavy atom. The summed E-state index contributed by atoms with van der Waals surface area (Å²) in [5.74, 6) is 0.